The Morgan fingerprint density at radius 1 is 0.971 bits per heavy atom. The van der Waals surface area contributed by atoms with E-state index in [2.05, 4.69) is 39.1 Å². The average Bonchev–Trinajstić information content (AvgIpc) is 3.39. The van der Waals surface area contributed by atoms with Crippen molar-refractivity contribution < 1.29 is 0 Å². The van der Waals surface area contributed by atoms with Crippen LogP contribution in [0.4, 0.5) is 5.82 Å². The van der Waals surface area contributed by atoms with Gasteiger partial charge in [0.2, 0.25) is 0 Å². The number of nitrogens with zero attached hydrogens (tertiary/aromatic N) is 5. The Bertz CT molecular complexity index is 979. The second kappa shape index (κ2) is 8.61. The molecule has 3 aliphatic carbocycles. The van der Waals surface area contributed by atoms with E-state index in [-0.39, 0.29) is 0 Å². The summed E-state index contributed by atoms with van der Waals surface area (Å²) in [5.41, 5.74) is 3.56. The third kappa shape index (κ3) is 4.38. The zero-order chi connectivity index (χ0) is 23.4. The molecular formula is C28H42N6. The van der Waals surface area contributed by atoms with Gasteiger partial charge in [0.25, 0.3) is 0 Å². The van der Waals surface area contributed by atoms with Gasteiger partial charge in [0.1, 0.15) is 5.82 Å². The number of nitrogens with one attached hydrogen (secondary N) is 1. The standard InChI is InChI=1S/C28H42N6/c1-18-5-21-6-19(2)10-28(9-18,11-21)17-34-14-22-7-24(8-23(22)15-34)31-27-13-29-26(12-30-27)25-16-33(4)32-20(25)3/h12-13,16,18-19,21-24H,5-11,14-15,17H2,1-4H3,(H,30,31)/t18?,19?,21?,22-,23+,24?,28?. The highest BCUT2D eigenvalue weighted by atomic mass is 15.3. The maximum atomic E-state index is 4.68. The van der Waals surface area contributed by atoms with E-state index < -0.39 is 0 Å². The van der Waals surface area contributed by atoms with Crippen molar-refractivity contribution in [1.29, 1.82) is 0 Å². The average molecular weight is 463 g/mol. The number of aryl methyl sites for hydroxylation is 2. The third-order valence-electron chi connectivity index (χ3n) is 9.43. The summed E-state index contributed by atoms with van der Waals surface area (Å²) in [4.78, 5) is 12.2. The molecule has 1 N–H and O–H groups in total. The van der Waals surface area contributed by atoms with Crippen LogP contribution >= 0.6 is 0 Å². The fourth-order valence-electron chi connectivity index (χ4n) is 8.82. The van der Waals surface area contributed by atoms with Crippen molar-refractivity contribution >= 4 is 5.82 Å². The summed E-state index contributed by atoms with van der Waals surface area (Å²) in [6.45, 7) is 11.0. The maximum Gasteiger partial charge on any atom is 0.144 e. The van der Waals surface area contributed by atoms with E-state index in [1.54, 1.807) is 0 Å². The molecule has 6 rings (SSSR count). The zero-order valence-corrected chi connectivity index (χ0v) is 21.5. The van der Waals surface area contributed by atoms with Gasteiger partial charge in [0, 0.05) is 44.5 Å². The van der Waals surface area contributed by atoms with Crippen LogP contribution in [-0.2, 0) is 7.05 Å². The summed E-state index contributed by atoms with van der Waals surface area (Å²) in [6, 6.07) is 0.532. The first kappa shape index (κ1) is 22.5. The lowest BCUT2D eigenvalue weighted by molar-refractivity contribution is -0.00647. The van der Waals surface area contributed by atoms with Crippen LogP contribution in [0.15, 0.2) is 18.6 Å². The molecule has 184 valence electrons. The van der Waals surface area contributed by atoms with Gasteiger partial charge in [-0.15, -0.1) is 0 Å². The number of rotatable bonds is 5. The van der Waals surface area contributed by atoms with Crippen LogP contribution in [0.25, 0.3) is 11.3 Å². The SMILES string of the molecule is Cc1nn(C)cc1-c1cnc(NC2C[C@@H]3CN(CC45CC(C)CC(CC(C)C4)C5)C[C@@H]3C2)cn1. The minimum absolute atomic E-state index is 0.532. The van der Waals surface area contributed by atoms with Crippen LogP contribution in [0, 0.1) is 41.9 Å². The number of likely N-dealkylation sites (tertiary alicyclic amines) is 1. The summed E-state index contributed by atoms with van der Waals surface area (Å²) in [5, 5.41) is 8.12. The predicted octanol–water partition coefficient (Wildman–Crippen LogP) is 5.16. The molecule has 0 aromatic carbocycles. The van der Waals surface area contributed by atoms with Gasteiger partial charge in [0.15, 0.2) is 0 Å². The lowest BCUT2D eigenvalue weighted by Gasteiger charge is -2.51. The summed E-state index contributed by atoms with van der Waals surface area (Å²) in [5.74, 6) is 5.45. The minimum Gasteiger partial charge on any atom is -0.366 e. The first-order valence-corrected chi connectivity index (χ1v) is 13.7. The lowest BCUT2D eigenvalue weighted by Crippen LogP contribution is -2.46. The molecule has 2 bridgehead atoms. The number of fused-ring (bicyclic) bond motifs is 3. The molecule has 2 aromatic heterocycles. The fourth-order valence-corrected chi connectivity index (χ4v) is 8.82. The van der Waals surface area contributed by atoms with Gasteiger partial charge < -0.3 is 10.2 Å². The quantitative estimate of drug-likeness (QED) is 0.665. The third-order valence-corrected chi connectivity index (χ3v) is 9.43. The fraction of sp³-hybridized carbons (Fsp3) is 0.750. The van der Waals surface area contributed by atoms with Crippen molar-refractivity contribution in [3.63, 3.8) is 0 Å². The van der Waals surface area contributed by atoms with Gasteiger partial charge in [-0.05, 0) is 86.9 Å². The largest absolute Gasteiger partial charge is 0.366 e. The van der Waals surface area contributed by atoms with Gasteiger partial charge in [-0.1, -0.05) is 13.8 Å². The Morgan fingerprint density at radius 3 is 2.26 bits per heavy atom. The van der Waals surface area contributed by atoms with Crippen molar-refractivity contribution in [3.8, 4) is 11.3 Å². The second-order valence-electron chi connectivity index (χ2n) is 12.8. The van der Waals surface area contributed by atoms with Gasteiger partial charge in [-0.3, -0.25) is 9.67 Å². The van der Waals surface area contributed by atoms with Crippen LogP contribution in [0.2, 0.25) is 0 Å². The number of hydrogen-bond acceptors (Lipinski definition) is 5. The highest BCUT2D eigenvalue weighted by molar-refractivity contribution is 5.60. The van der Waals surface area contributed by atoms with E-state index in [0.717, 1.165) is 52.4 Å². The van der Waals surface area contributed by atoms with Crippen molar-refractivity contribution in [2.75, 3.05) is 25.0 Å². The molecule has 6 nitrogen and oxygen atoms in total. The Kier molecular flexibility index (Phi) is 5.70. The van der Waals surface area contributed by atoms with Crippen LogP contribution < -0.4 is 5.32 Å². The van der Waals surface area contributed by atoms with Crippen molar-refractivity contribution in [2.24, 2.45) is 42.1 Å². The molecule has 3 saturated carbocycles. The van der Waals surface area contributed by atoms with E-state index in [1.807, 2.05) is 37.2 Å². The molecule has 34 heavy (non-hydrogen) atoms. The molecular weight excluding hydrogens is 420 g/mol. The van der Waals surface area contributed by atoms with Crippen LogP contribution in [0.1, 0.15) is 64.5 Å². The molecule has 4 fully saturated rings. The molecule has 0 amide bonds. The van der Waals surface area contributed by atoms with Gasteiger partial charge in [-0.2, -0.15) is 5.10 Å². The van der Waals surface area contributed by atoms with E-state index in [0.29, 0.717) is 11.5 Å². The van der Waals surface area contributed by atoms with Gasteiger partial charge >= 0.3 is 0 Å². The summed E-state index contributed by atoms with van der Waals surface area (Å²) in [6.07, 6.45) is 15.7. The maximum absolute atomic E-state index is 4.68. The molecule has 0 spiro atoms. The zero-order valence-electron chi connectivity index (χ0n) is 21.5. The Labute approximate surface area is 204 Å². The first-order chi connectivity index (χ1) is 16.3. The Balaban J connectivity index is 1.04. The normalized spacial score (nSPS) is 37.6. The van der Waals surface area contributed by atoms with Crippen LogP contribution in [-0.4, -0.2) is 50.3 Å². The van der Waals surface area contributed by atoms with Crippen LogP contribution in [0.5, 0.6) is 0 Å². The summed E-state index contributed by atoms with van der Waals surface area (Å²) >= 11 is 0. The van der Waals surface area contributed by atoms with Gasteiger partial charge in [-0.25, -0.2) is 4.98 Å². The summed E-state index contributed by atoms with van der Waals surface area (Å²) in [7, 11) is 1.94. The molecule has 6 heteroatoms. The molecule has 3 heterocycles. The van der Waals surface area contributed by atoms with Crippen molar-refractivity contribution in [3.05, 3.63) is 24.3 Å². The molecule has 1 aliphatic heterocycles. The number of aromatic nitrogens is 4. The number of hydrogen-bond donors (Lipinski definition) is 1. The highest BCUT2D eigenvalue weighted by Gasteiger charge is 2.48. The topological polar surface area (TPSA) is 58.9 Å². The molecule has 0 radical (unpaired) electrons. The molecule has 2 aromatic rings. The minimum atomic E-state index is 0.532. The van der Waals surface area contributed by atoms with Crippen molar-refractivity contribution in [2.45, 2.75) is 71.8 Å². The Hall–Kier alpha value is -1.95. The summed E-state index contributed by atoms with van der Waals surface area (Å²) < 4.78 is 1.83. The van der Waals surface area contributed by atoms with Crippen molar-refractivity contribution in [1.82, 2.24) is 24.6 Å². The van der Waals surface area contributed by atoms with E-state index in [9.17, 15) is 0 Å². The smallest absolute Gasteiger partial charge is 0.144 e. The molecule has 4 aliphatic rings. The highest BCUT2D eigenvalue weighted by Crippen LogP contribution is 2.54. The Morgan fingerprint density at radius 2 is 1.68 bits per heavy atom. The molecule has 3 unspecified atom stereocenters. The first-order valence-electron chi connectivity index (χ1n) is 13.7. The van der Waals surface area contributed by atoms with E-state index >= 15 is 0 Å². The van der Waals surface area contributed by atoms with E-state index in [1.165, 1.54) is 64.6 Å². The van der Waals surface area contributed by atoms with Gasteiger partial charge in [0.05, 0.1) is 23.8 Å². The predicted molar refractivity (Wildman–Crippen MR) is 136 cm³/mol. The molecule has 1 saturated heterocycles. The van der Waals surface area contributed by atoms with Crippen LogP contribution in [0.3, 0.4) is 0 Å². The monoisotopic (exact) mass is 462 g/mol. The second-order valence-corrected chi connectivity index (χ2v) is 12.8. The van der Waals surface area contributed by atoms with E-state index in [4.69, 9.17) is 0 Å². The number of anilines is 1. The lowest BCUT2D eigenvalue weighted by atomic mass is 9.56. The molecule has 5 atom stereocenters.